The molecule has 0 bridgehead atoms. The predicted octanol–water partition coefficient (Wildman–Crippen LogP) is 2.52. The highest BCUT2D eigenvalue weighted by molar-refractivity contribution is 5.73. The van der Waals surface area contributed by atoms with Crippen molar-refractivity contribution in [3.63, 3.8) is 0 Å². The SMILES string of the molecule is Cc1cccc(CCNC(=O)N(C)CC2CCN(C)CC2)c1. The second-order valence-corrected chi connectivity index (χ2v) is 6.60. The van der Waals surface area contributed by atoms with Crippen molar-refractivity contribution in [3.8, 4) is 0 Å². The number of hydrogen-bond donors (Lipinski definition) is 1. The molecule has 1 aromatic carbocycles. The Hall–Kier alpha value is -1.55. The fraction of sp³-hybridized carbons (Fsp3) is 0.611. The Morgan fingerprint density at radius 1 is 1.36 bits per heavy atom. The van der Waals surface area contributed by atoms with E-state index < -0.39 is 0 Å². The summed E-state index contributed by atoms with van der Waals surface area (Å²) in [7, 11) is 4.07. The van der Waals surface area contributed by atoms with Crippen molar-refractivity contribution in [1.29, 1.82) is 0 Å². The first-order valence-corrected chi connectivity index (χ1v) is 8.27. The average Bonchev–Trinajstić information content (AvgIpc) is 2.49. The second-order valence-electron chi connectivity index (χ2n) is 6.60. The summed E-state index contributed by atoms with van der Waals surface area (Å²) in [5.41, 5.74) is 2.54. The van der Waals surface area contributed by atoms with E-state index in [1.54, 1.807) is 0 Å². The summed E-state index contributed by atoms with van der Waals surface area (Å²) in [5.74, 6) is 0.642. The maximum Gasteiger partial charge on any atom is 0.317 e. The van der Waals surface area contributed by atoms with Crippen LogP contribution in [0.4, 0.5) is 4.79 Å². The Morgan fingerprint density at radius 2 is 2.09 bits per heavy atom. The molecule has 1 N–H and O–H groups in total. The summed E-state index contributed by atoms with van der Waals surface area (Å²) in [4.78, 5) is 16.3. The number of amides is 2. The largest absolute Gasteiger partial charge is 0.338 e. The van der Waals surface area contributed by atoms with Gasteiger partial charge in [0.15, 0.2) is 0 Å². The van der Waals surface area contributed by atoms with Gasteiger partial charge in [-0.2, -0.15) is 0 Å². The fourth-order valence-electron chi connectivity index (χ4n) is 3.03. The van der Waals surface area contributed by atoms with Crippen molar-refractivity contribution < 1.29 is 4.79 Å². The van der Waals surface area contributed by atoms with Crippen LogP contribution in [0.15, 0.2) is 24.3 Å². The van der Waals surface area contributed by atoms with Gasteiger partial charge in [0, 0.05) is 20.1 Å². The van der Waals surface area contributed by atoms with Gasteiger partial charge >= 0.3 is 6.03 Å². The number of benzene rings is 1. The molecule has 1 aliphatic rings. The van der Waals surface area contributed by atoms with Crippen molar-refractivity contribution in [1.82, 2.24) is 15.1 Å². The number of nitrogens with one attached hydrogen (secondary N) is 1. The molecule has 1 saturated heterocycles. The van der Waals surface area contributed by atoms with E-state index in [-0.39, 0.29) is 6.03 Å². The molecule has 1 aliphatic heterocycles. The lowest BCUT2D eigenvalue weighted by Crippen LogP contribution is -2.42. The lowest BCUT2D eigenvalue weighted by molar-refractivity contribution is 0.170. The Labute approximate surface area is 134 Å². The zero-order valence-electron chi connectivity index (χ0n) is 14.1. The van der Waals surface area contributed by atoms with Crippen LogP contribution in [0.5, 0.6) is 0 Å². The van der Waals surface area contributed by atoms with E-state index in [4.69, 9.17) is 0 Å². The van der Waals surface area contributed by atoms with Gasteiger partial charge in [0.05, 0.1) is 0 Å². The molecule has 2 rings (SSSR count). The van der Waals surface area contributed by atoms with E-state index in [1.165, 1.54) is 24.0 Å². The molecule has 0 aliphatic carbocycles. The smallest absolute Gasteiger partial charge is 0.317 e. The van der Waals surface area contributed by atoms with Gasteiger partial charge in [0.25, 0.3) is 0 Å². The van der Waals surface area contributed by atoms with Crippen LogP contribution < -0.4 is 5.32 Å². The molecule has 0 atom stereocenters. The highest BCUT2D eigenvalue weighted by Crippen LogP contribution is 2.16. The molecule has 22 heavy (non-hydrogen) atoms. The molecular formula is C18H29N3O. The summed E-state index contributed by atoms with van der Waals surface area (Å²) in [6.45, 7) is 5.95. The number of piperidine rings is 1. The molecule has 1 fully saturated rings. The lowest BCUT2D eigenvalue weighted by Gasteiger charge is -2.31. The molecule has 0 saturated carbocycles. The molecule has 0 spiro atoms. The highest BCUT2D eigenvalue weighted by atomic mass is 16.2. The quantitative estimate of drug-likeness (QED) is 0.907. The van der Waals surface area contributed by atoms with Crippen LogP contribution >= 0.6 is 0 Å². The topological polar surface area (TPSA) is 35.6 Å². The summed E-state index contributed by atoms with van der Waals surface area (Å²) >= 11 is 0. The first-order chi connectivity index (χ1) is 10.5. The van der Waals surface area contributed by atoms with E-state index >= 15 is 0 Å². The summed E-state index contributed by atoms with van der Waals surface area (Å²) in [5, 5.41) is 3.03. The third-order valence-corrected chi connectivity index (χ3v) is 4.49. The normalized spacial score (nSPS) is 16.5. The average molecular weight is 303 g/mol. The van der Waals surface area contributed by atoms with Gasteiger partial charge in [-0.05, 0) is 57.8 Å². The van der Waals surface area contributed by atoms with E-state index in [2.05, 4.69) is 48.5 Å². The van der Waals surface area contributed by atoms with Crippen molar-refractivity contribution in [2.45, 2.75) is 26.2 Å². The lowest BCUT2D eigenvalue weighted by atomic mass is 9.97. The number of urea groups is 1. The maximum absolute atomic E-state index is 12.1. The number of carbonyl (C=O) groups is 1. The van der Waals surface area contributed by atoms with Crippen molar-refractivity contribution in [3.05, 3.63) is 35.4 Å². The number of nitrogens with zero attached hydrogens (tertiary/aromatic N) is 2. The molecule has 0 radical (unpaired) electrons. The fourth-order valence-corrected chi connectivity index (χ4v) is 3.03. The van der Waals surface area contributed by atoms with Crippen molar-refractivity contribution >= 4 is 6.03 Å². The summed E-state index contributed by atoms with van der Waals surface area (Å²) in [6.07, 6.45) is 3.27. The Kier molecular flexibility index (Phi) is 6.25. The molecule has 1 heterocycles. The van der Waals surface area contributed by atoms with Gasteiger partial charge in [-0.1, -0.05) is 29.8 Å². The Morgan fingerprint density at radius 3 is 2.77 bits per heavy atom. The van der Waals surface area contributed by atoms with Crippen LogP contribution in [-0.4, -0.2) is 56.1 Å². The van der Waals surface area contributed by atoms with E-state index in [1.807, 2.05) is 11.9 Å². The van der Waals surface area contributed by atoms with Crippen molar-refractivity contribution in [2.24, 2.45) is 5.92 Å². The number of rotatable bonds is 5. The third kappa shape index (κ3) is 5.34. The molecule has 4 nitrogen and oxygen atoms in total. The van der Waals surface area contributed by atoms with E-state index in [0.717, 1.165) is 26.1 Å². The van der Waals surface area contributed by atoms with Gasteiger partial charge in [-0.3, -0.25) is 0 Å². The summed E-state index contributed by atoms with van der Waals surface area (Å²) < 4.78 is 0. The maximum atomic E-state index is 12.1. The minimum absolute atomic E-state index is 0.0478. The monoisotopic (exact) mass is 303 g/mol. The standard InChI is InChI=1S/C18H29N3O/c1-15-5-4-6-16(13-15)7-10-19-18(22)21(3)14-17-8-11-20(2)12-9-17/h4-6,13,17H,7-12,14H2,1-3H3,(H,19,22). The molecule has 1 aromatic rings. The third-order valence-electron chi connectivity index (χ3n) is 4.49. The van der Waals surface area contributed by atoms with Crippen LogP contribution in [0, 0.1) is 12.8 Å². The summed E-state index contributed by atoms with van der Waals surface area (Å²) in [6, 6.07) is 8.50. The van der Waals surface area contributed by atoms with Gasteiger partial charge in [0.2, 0.25) is 0 Å². The molecule has 0 aromatic heterocycles. The number of likely N-dealkylation sites (tertiary alicyclic amines) is 1. The Balaban J connectivity index is 1.68. The van der Waals surface area contributed by atoms with Crippen LogP contribution in [0.25, 0.3) is 0 Å². The van der Waals surface area contributed by atoms with Gasteiger partial charge < -0.3 is 15.1 Å². The van der Waals surface area contributed by atoms with E-state index in [0.29, 0.717) is 12.5 Å². The highest BCUT2D eigenvalue weighted by Gasteiger charge is 2.20. The zero-order chi connectivity index (χ0) is 15.9. The van der Waals surface area contributed by atoms with Crippen molar-refractivity contribution in [2.75, 3.05) is 40.3 Å². The number of hydrogen-bond acceptors (Lipinski definition) is 2. The number of aryl methyl sites for hydroxylation is 1. The molecule has 2 amide bonds. The molecular weight excluding hydrogens is 274 g/mol. The van der Waals surface area contributed by atoms with Crippen LogP contribution in [0.3, 0.4) is 0 Å². The second kappa shape index (κ2) is 8.18. The minimum Gasteiger partial charge on any atom is -0.338 e. The molecule has 122 valence electrons. The number of carbonyl (C=O) groups excluding carboxylic acids is 1. The first-order valence-electron chi connectivity index (χ1n) is 8.27. The first kappa shape index (κ1) is 16.8. The van der Waals surface area contributed by atoms with Gasteiger partial charge in [-0.25, -0.2) is 4.79 Å². The minimum atomic E-state index is 0.0478. The van der Waals surface area contributed by atoms with Gasteiger partial charge in [0.1, 0.15) is 0 Å². The molecule has 4 heteroatoms. The Bertz CT molecular complexity index is 481. The zero-order valence-corrected chi connectivity index (χ0v) is 14.1. The van der Waals surface area contributed by atoms with Crippen LogP contribution in [0.2, 0.25) is 0 Å². The van der Waals surface area contributed by atoms with Crippen LogP contribution in [-0.2, 0) is 6.42 Å². The van der Waals surface area contributed by atoms with Gasteiger partial charge in [-0.15, -0.1) is 0 Å². The van der Waals surface area contributed by atoms with Crippen LogP contribution in [0.1, 0.15) is 24.0 Å². The van der Waals surface area contributed by atoms with E-state index in [9.17, 15) is 4.79 Å². The predicted molar refractivity (Wildman–Crippen MR) is 91.1 cm³/mol. The molecule has 0 unspecified atom stereocenters.